The number of carbonyl (C=O) groups is 1. The molecule has 1 atom stereocenters. The molecule has 1 aliphatic rings. The highest BCUT2D eigenvalue weighted by atomic mass is 16.2. The summed E-state index contributed by atoms with van der Waals surface area (Å²) >= 11 is 0. The van der Waals surface area contributed by atoms with Gasteiger partial charge in [0.1, 0.15) is 11.9 Å². The van der Waals surface area contributed by atoms with Crippen LogP contribution in [0.15, 0.2) is 29.3 Å². The SMILES string of the molecule is CCN1C(=O)N=C(N)C1c1ccc(CC(C)C)cc1. The van der Waals surface area contributed by atoms with Crippen LogP contribution in [0.5, 0.6) is 0 Å². The van der Waals surface area contributed by atoms with E-state index >= 15 is 0 Å². The van der Waals surface area contributed by atoms with E-state index in [0.717, 1.165) is 12.0 Å². The van der Waals surface area contributed by atoms with Gasteiger partial charge in [-0.15, -0.1) is 0 Å². The molecule has 1 aliphatic heterocycles. The molecule has 1 heterocycles. The zero-order valence-corrected chi connectivity index (χ0v) is 11.8. The van der Waals surface area contributed by atoms with Gasteiger partial charge in [0.05, 0.1) is 0 Å². The molecule has 102 valence electrons. The van der Waals surface area contributed by atoms with Crippen LogP contribution in [0.4, 0.5) is 4.79 Å². The Morgan fingerprint density at radius 3 is 2.47 bits per heavy atom. The molecule has 0 fully saturated rings. The van der Waals surface area contributed by atoms with Crippen LogP contribution in [0.25, 0.3) is 0 Å². The summed E-state index contributed by atoms with van der Waals surface area (Å²) < 4.78 is 0. The van der Waals surface area contributed by atoms with Gasteiger partial charge in [-0.1, -0.05) is 38.1 Å². The molecule has 2 N–H and O–H groups in total. The summed E-state index contributed by atoms with van der Waals surface area (Å²) in [4.78, 5) is 17.2. The number of aliphatic imine (C=N–C) groups is 1. The molecule has 0 aromatic heterocycles. The first-order chi connectivity index (χ1) is 9.02. The Kier molecular flexibility index (Phi) is 3.88. The van der Waals surface area contributed by atoms with E-state index in [4.69, 9.17) is 5.73 Å². The Labute approximate surface area is 114 Å². The highest BCUT2D eigenvalue weighted by Crippen LogP contribution is 2.27. The lowest BCUT2D eigenvalue weighted by atomic mass is 9.99. The molecule has 0 bridgehead atoms. The monoisotopic (exact) mass is 259 g/mol. The second-order valence-electron chi connectivity index (χ2n) is 5.35. The van der Waals surface area contributed by atoms with Gasteiger partial charge in [0.2, 0.25) is 0 Å². The van der Waals surface area contributed by atoms with Crippen molar-refractivity contribution in [3.8, 4) is 0 Å². The summed E-state index contributed by atoms with van der Waals surface area (Å²) in [6.45, 7) is 6.95. The first kappa shape index (κ1) is 13.6. The number of urea groups is 1. The number of nitrogens with two attached hydrogens (primary N) is 1. The number of amidine groups is 1. The molecule has 19 heavy (non-hydrogen) atoms. The minimum Gasteiger partial charge on any atom is -0.385 e. The van der Waals surface area contributed by atoms with Crippen LogP contribution in [0.2, 0.25) is 0 Å². The molecule has 0 saturated heterocycles. The zero-order valence-electron chi connectivity index (χ0n) is 11.8. The lowest BCUT2D eigenvalue weighted by Gasteiger charge is -2.23. The molecule has 1 unspecified atom stereocenters. The fourth-order valence-electron chi connectivity index (χ4n) is 2.48. The largest absolute Gasteiger partial charge is 0.385 e. The summed E-state index contributed by atoms with van der Waals surface area (Å²) in [6, 6.07) is 7.87. The van der Waals surface area contributed by atoms with Crippen molar-refractivity contribution in [1.29, 1.82) is 0 Å². The number of amides is 2. The summed E-state index contributed by atoms with van der Waals surface area (Å²) in [7, 11) is 0. The van der Waals surface area contributed by atoms with Crippen molar-refractivity contribution >= 4 is 11.9 Å². The molecule has 4 nitrogen and oxygen atoms in total. The maximum atomic E-state index is 11.7. The average molecular weight is 259 g/mol. The molecular weight excluding hydrogens is 238 g/mol. The van der Waals surface area contributed by atoms with Crippen LogP contribution in [0.3, 0.4) is 0 Å². The van der Waals surface area contributed by atoms with Crippen LogP contribution in [0.1, 0.15) is 37.9 Å². The summed E-state index contributed by atoms with van der Waals surface area (Å²) in [5.41, 5.74) is 8.21. The van der Waals surface area contributed by atoms with Crippen molar-refractivity contribution in [3.05, 3.63) is 35.4 Å². The fourth-order valence-corrected chi connectivity index (χ4v) is 2.48. The molecule has 1 aromatic rings. The standard InChI is InChI=1S/C15H21N3O/c1-4-18-13(14(16)17-15(18)19)12-7-5-11(6-8-12)9-10(2)3/h5-8,10,13H,4,9H2,1-3H3,(H2,16,17,19). The zero-order chi connectivity index (χ0) is 14.0. The summed E-state index contributed by atoms with van der Waals surface area (Å²) in [5.74, 6) is 1.03. The molecule has 4 heteroatoms. The molecule has 1 aromatic carbocycles. The number of carbonyl (C=O) groups excluding carboxylic acids is 1. The van der Waals surface area contributed by atoms with E-state index < -0.39 is 0 Å². The maximum absolute atomic E-state index is 11.7. The fraction of sp³-hybridized carbons (Fsp3) is 0.467. The Morgan fingerprint density at radius 2 is 1.95 bits per heavy atom. The molecular formula is C15H21N3O. The second-order valence-corrected chi connectivity index (χ2v) is 5.35. The Bertz CT molecular complexity index is 491. The van der Waals surface area contributed by atoms with Crippen molar-refractivity contribution in [2.75, 3.05) is 6.54 Å². The van der Waals surface area contributed by atoms with E-state index in [1.54, 1.807) is 4.90 Å². The van der Waals surface area contributed by atoms with E-state index in [1.165, 1.54) is 5.56 Å². The van der Waals surface area contributed by atoms with E-state index in [2.05, 4.69) is 31.0 Å². The Hall–Kier alpha value is -1.84. The lowest BCUT2D eigenvalue weighted by molar-refractivity contribution is 0.210. The van der Waals surface area contributed by atoms with Crippen molar-refractivity contribution in [3.63, 3.8) is 0 Å². The van der Waals surface area contributed by atoms with Gasteiger partial charge < -0.3 is 10.6 Å². The third-order valence-electron chi connectivity index (χ3n) is 3.34. The maximum Gasteiger partial charge on any atom is 0.346 e. The average Bonchev–Trinajstić information content (AvgIpc) is 2.64. The molecule has 0 saturated carbocycles. The van der Waals surface area contributed by atoms with E-state index in [9.17, 15) is 4.79 Å². The molecule has 0 spiro atoms. The number of rotatable bonds is 4. The topological polar surface area (TPSA) is 58.7 Å². The number of hydrogen-bond donors (Lipinski definition) is 1. The van der Waals surface area contributed by atoms with Gasteiger partial charge >= 0.3 is 6.03 Å². The predicted octanol–water partition coefficient (Wildman–Crippen LogP) is 2.74. The Morgan fingerprint density at radius 1 is 1.32 bits per heavy atom. The first-order valence-corrected chi connectivity index (χ1v) is 6.76. The van der Waals surface area contributed by atoms with Crippen LogP contribution >= 0.6 is 0 Å². The van der Waals surface area contributed by atoms with Crippen molar-refractivity contribution in [1.82, 2.24) is 4.90 Å². The molecule has 2 rings (SSSR count). The molecule has 2 amide bonds. The van der Waals surface area contributed by atoms with Crippen molar-refractivity contribution in [2.45, 2.75) is 33.2 Å². The van der Waals surface area contributed by atoms with Crippen molar-refractivity contribution in [2.24, 2.45) is 16.6 Å². The van der Waals surface area contributed by atoms with E-state index in [-0.39, 0.29) is 12.1 Å². The van der Waals surface area contributed by atoms with Gasteiger partial charge in [-0.25, -0.2) is 4.79 Å². The lowest BCUT2D eigenvalue weighted by Crippen LogP contribution is -2.33. The molecule has 0 radical (unpaired) electrons. The van der Waals surface area contributed by atoms with Gasteiger partial charge in [-0.05, 0) is 30.4 Å². The highest BCUT2D eigenvalue weighted by molar-refractivity contribution is 6.03. The van der Waals surface area contributed by atoms with Gasteiger partial charge in [-0.3, -0.25) is 0 Å². The smallest absolute Gasteiger partial charge is 0.346 e. The van der Waals surface area contributed by atoms with Gasteiger partial charge in [-0.2, -0.15) is 4.99 Å². The number of likely N-dealkylation sites (N-methyl/N-ethyl adjacent to an activating group) is 1. The summed E-state index contributed by atoms with van der Waals surface area (Å²) in [6.07, 6.45) is 1.06. The van der Waals surface area contributed by atoms with Crippen LogP contribution in [0, 0.1) is 5.92 Å². The normalized spacial score (nSPS) is 19.2. The van der Waals surface area contributed by atoms with Gasteiger partial charge in [0.15, 0.2) is 0 Å². The van der Waals surface area contributed by atoms with Crippen molar-refractivity contribution < 1.29 is 4.79 Å². The predicted molar refractivity (Wildman–Crippen MR) is 77.1 cm³/mol. The Balaban J connectivity index is 2.22. The van der Waals surface area contributed by atoms with E-state index in [1.807, 2.05) is 19.1 Å². The minimum atomic E-state index is -0.240. The quantitative estimate of drug-likeness (QED) is 0.903. The van der Waals surface area contributed by atoms with Gasteiger partial charge in [0, 0.05) is 6.54 Å². The highest BCUT2D eigenvalue weighted by Gasteiger charge is 2.33. The number of nitrogens with zero attached hydrogens (tertiary/aromatic N) is 2. The summed E-state index contributed by atoms with van der Waals surface area (Å²) in [5, 5.41) is 0. The van der Waals surface area contributed by atoms with E-state index in [0.29, 0.717) is 18.3 Å². The third kappa shape index (κ3) is 2.78. The third-order valence-corrected chi connectivity index (χ3v) is 3.34. The first-order valence-electron chi connectivity index (χ1n) is 6.76. The second kappa shape index (κ2) is 5.43. The number of hydrogen-bond acceptors (Lipinski definition) is 2. The number of benzene rings is 1. The minimum absolute atomic E-state index is 0.203. The van der Waals surface area contributed by atoms with Crippen LogP contribution in [-0.4, -0.2) is 23.3 Å². The van der Waals surface area contributed by atoms with Crippen LogP contribution in [-0.2, 0) is 6.42 Å². The van der Waals surface area contributed by atoms with Gasteiger partial charge in [0.25, 0.3) is 0 Å². The van der Waals surface area contributed by atoms with Crippen LogP contribution < -0.4 is 5.73 Å². The molecule has 0 aliphatic carbocycles.